The maximum atomic E-state index is 8.92. The predicted molar refractivity (Wildman–Crippen MR) is 37.4 cm³/mol. The van der Waals surface area contributed by atoms with Crippen molar-refractivity contribution < 1.29 is 4.80 Å². The van der Waals surface area contributed by atoms with Crippen LogP contribution in [0.2, 0.25) is 0 Å². The van der Waals surface area contributed by atoms with Crippen molar-refractivity contribution in [3.05, 3.63) is 20.9 Å². The SMILES string of the molecule is [N-]=[N+]=NC[SiH](O)CN=[N+]=[N-]. The van der Waals surface area contributed by atoms with E-state index in [9.17, 15) is 0 Å². The van der Waals surface area contributed by atoms with Gasteiger partial charge in [0, 0.05) is 22.2 Å². The van der Waals surface area contributed by atoms with Gasteiger partial charge >= 0.3 is 0 Å². The zero-order valence-electron chi connectivity index (χ0n) is 5.12. The Morgan fingerprint density at radius 1 is 1.20 bits per heavy atom. The van der Waals surface area contributed by atoms with Crippen LogP contribution < -0.4 is 0 Å². The highest BCUT2D eigenvalue weighted by Crippen LogP contribution is 1.81. The van der Waals surface area contributed by atoms with E-state index < -0.39 is 9.04 Å². The second-order valence-electron chi connectivity index (χ2n) is 1.48. The number of hydrogen-bond donors (Lipinski definition) is 1. The predicted octanol–water partition coefficient (Wildman–Crippen LogP) is 0.401. The van der Waals surface area contributed by atoms with Crippen molar-refractivity contribution in [2.45, 2.75) is 0 Å². The molecule has 10 heavy (non-hydrogen) atoms. The summed E-state index contributed by atoms with van der Waals surface area (Å²) in [6.07, 6.45) is 0.158. The highest BCUT2D eigenvalue weighted by molar-refractivity contribution is 6.50. The first-order chi connectivity index (χ1) is 4.81. The lowest BCUT2D eigenvalue weighted by Crippen LogP contribution is -2.20. The minimum atomic E-state index is -2.08. The van der Waals surface area contributed by atoms with Crippen LogP contribution in [-0.4, -0.2) is 26.2 Å². The topological polar surface area (TPSA) is 118 Å². The summed E-state index contributed by atoms with van der Waals surface area (Å²) in [5, 5.41) is 6.27. The average molecular weight is 158 g/mol. The largest absolute Gasteiger partial charge is 0.434 e. The Hall–Kier alpha value is -1.20. The highest BCUT2D eigenvalue weighted by atomic mass is 28.3. The van der Waals surface area contributed by atoms with Gasteiger partial charge in [-0.3, -0.25) is 0 Å². The zero-order valence-corrected chi connectivity index (χ0v) is 6.28. The minimum absolute atomic E-state index is 0.0789. The van der Waals surface area contributed by atoms with Gasteiger partial charge in [0.1, 0.15) is 0 Å². The molecule has 0 unspecified atom stereocenters. The third-order valence-electron chi connectivity index (χ3n) is 0.711. The van der Waals surface area contributed by atoms with Crippen molar-refractivity contribution in [1.29, 1.82) is 0 Å². The summed E-state index contributed by atoms with van der Waals surface area (Å²) in [7, 11) is -2.08. The number of azide groups is 2. The average Bonchev–Trinajstić information content (AvgIpc) is 1.97. The molecule has 54 valence electrons. The van der Waals surface area contributed by atoms with E-state index in [1.54, 1.807) is 0 Å². The molecule has 0 aromatic carbocycles. The van der Waals surface area contributed by atoms with Crippen LogP contribution in [0.5, 0.6) is 0 Å². The molecule has 0 saturated carbocycles. The van der Waals surface area contributed by atoms with Gasteiger partial charge in [-0.1, -0.05) is 10.2 Å². The second kappa shape index (κ2) is 5.93. The molecular weight excluding hydrogens is 152 g/mol. The number of nitrogens with zero attached hydrogens (tertiary/aromatic N) is 6. The first-order valence-electron chi connectivity index (χ1n) is 2.51. The molecule has 0 aliphatic rings. The van der Waals surface area contributed by atoms with Gasteiger partial charge in [0.2, 0.25) is 0 Å². The lowest BCUT2D eigenvalue weighted by Gasteiger charge is -1.95. The van der Waals surface area contributed by atoms with Gasteiger partial charge in [0.15, 0.2) is 9.04 Å². The van der Waals surface area contributed by atoms with Crippen molar-refractivity contribution in [3.8, 4) is 0 Å². The highest BCUT2D eigenvalue weighted by Gasteiger charge is 2.01. The first kappa shape index (κ1) is 8.80. The summed E-state index contributed by atoms with van der Waals surface area (Å²) in [4.78, 5) is 13.8. The van der Waals surface area contributed by atoms with E-state index in [1.165, 1.54) is 0 Å². The van der Waals surface area contributed by atoms with E-state index in [-0.39, 0.29) is 12.3 Å². The molecule has 0 saturated heterocycles. The van der Waals surface area contributed by atoms with Crippen molar-refractivity contribution in [2.75, 3.05) is 12.3 Å². The Labute approximate surface area is 58.3 Å². The summed E-state index contributed by atoms with van der Waals surface area (Å²) in [6, 6.07) is 0. The van der Waals surface area contributed by atoms with Crippen LogP contribution in [0.1, 0.15) is 0 Å². The molecule has 7 nitrogen and oxygen atoms in total. The first-order valence-corrected chi connectivity index (χ1v) is 4.66. The second-order valence-corrected chi connectivity index (χ2v) is 3.52. The minimum Gasteiger partial charge on any atom is -0.434 e. The van der Waals surface area contributed by atoms with Gasteiger partial charge in [-0.05, 0) is 11.1 Å². The number of rotatable bonds is 4. The molecule has 0 aromatic rings. The molecule has 8 heteroatoms. The zero-order chi connectivity index (χ0) is 7.82. The Morgan fingerprint density at radius 2 is 1.60 bits per heavy atom. The van der Waals surface area contributed by atoms with Crippen LogP contribution in [0, 0.1) is 0 Å². The lowest BCUT2D eigenvalue weighted by molar-refractivity contribution is 0.569. The Morgan fingerprint density at radius 3 is 1.90 bits per heavy atom. The molecule has 0 aliphatic carbocycles. The Balaban J connectivity index is 3.52. The monoisotopic (exact) mass is 158 g/mol. The van der Waals surface area contributed by atoms with Gasteiger partial charge in [0.25, 0.3) is 0 Å². The van der Waals surface area contributed by atoms with Crippen LogP contribution in [0.25, 0.3) is 20.9 Å². The van der Waals surface area contributed by atoms with E-state index in [0.29, 0.717) is 0 Å². The van der Waals surface area contributed by atoms with Gasteiger partial charge in [0.05, 0.1) is 0 Å². The summed E-state index contributed by atoms with van der Waals surface area (Å²) < 4.78 is 0. The normalized spacial score (nSPS) is 10.9. The lowest BCUT2D eigenvalue weighted by atomic mass is 11.5. The van der Waals surface area contributed by atoms with E-state index in [2.05, 4.69) is 20.1 Å². The fraction of sp³-hybridized carbons (Fsp3) is 1.00. The molecule has 0 amide bonds. The maximum absolute atomic E-state index is 8.92. The Kier molecular flexibility index (Phi) is 5.21. The molecule has 0 atom stereocenters. The molecule has 0 bridgehead atoms. The molecule has 0 aromatic heterocycles. The third-order valence-corrected chi connectivity index (χ3v) is 1.88. The number of hydrogen-bond acceptors (Lipinski definition) is 3. The molecule has 0 heterocycles. The van der Waals surface area contributed by atoms with Crippen LogP contribution in [0.4, 0.5) is 0 Å². The fourth-order valence-electron chi connectivity index (χ4n) is 0.319. The van der Waals surface area contributed by atoms with Crippen molar-refractivity contribution >= 4 is 9.04 Å². The fourth-order valence-corrected chi connectivity index (χ4v) is 0.958. The van der Waals surface area contributed by atoms with E-state index >= 15 is 0 Å². The van der Waals surface area contributed by atoms with Crippen LogP contribution >= 0.6 is 0 Å². The molecule has 0 spiro atoms. The molecule has 0 radical (unpaired) electrons. The molecule has 0 aliphatic heterocycles. The summed E-state index contributed by atoms with van der Waals surface area (Å²) in [5.41, 5.74) is 15.6. The molecule has 1 N–H and O–H groups in total. The molecule has 0 fully saturated rings. The van der Waals surface area contributed by atoms with Gasteiger partial charge < -0.3 is 4.80 Å². The smallest absolute Gasteiger partial charge is 0.184 e. The van der Waals surface area contributed by atoms with Crippen molar-refractivity contribution in [2.24, 2.45) is 10.2 Å². The maximum Gasteiger partial charge on any atom is 0.184 e. The van der Waals surface area contributed by atoms with Crippen molar-refractivity contribution in [1.82, 2.24) is 0 Å². The molecule has 0 rings (SSSR count). The van der Waals surface area contributed by atoms with Crippen LogP contribution in [-0.2, 0) is 0 Å². The van der Waals surface area contributed by atoms with Gasteiger partial charge in [-0.15, -0.1) is 0 Å². The summed E-state index contributed by atoms with van der Waals surface area (Å²) in [5.74, 6) is 0. The van der Waals surface area contributed by atoms with E-state index in [4.69, 9.17) is 15.9 Å². The van der Waals surface area contributed by atoms with Gasteiger partial charge in [-0.2, -0.15) is 0 Å². The summed E-state index contributed by atoms with van der Waals surface area (Å²) >= 11 is 0. The van der Waals surface area contributed by atoms with Gasteiger partial charge in [-0.25, -0.2) is 0 Å². The third kappa shape index (κ3) is 4.94. The standard InChI is InChI=1S/C2H6N6OSi/c3-7-5-1-10(9)2-6-8-4/h9-10H,1-2H2. The quantitative estimate of drug-likeness (QED) is 0.271. The van der Waals surface area contributed by atoms with Crippen LogP contribution in [0.3, 0.4) is 0 Å². The summed E-state index contributed by atoms with van der Waals surface area (Å²) in [6.45, 7) is 0. The van der Waals surface area contributed by atoms with Crippen molar-refractivity contribution in [3.63, 3.8) is 0 Å². The van der Waals surface area contributed by atoms with E-state index in [0.717, 1.165) is 0 Å². The Bertz CT molecular complexity index is 160. The molecular formula is C2H6N6OSi. The van der Waals surface area contributed by atoms with Crippen LogP contribution in [0.15, 0.2) is 10.2 Å². The van der Waals surface area contributed by atoms with E-state index in [1.807, 2.05) is 0 Å².